The predicted molar refractivity (Wildman–Crippen MR) is 127 cm³/mol. The summed E-state index contributed by atoms with van der Waals surface area (Å²) in [5, 5.41) is 5.39. The van der Waals surface area contributed by atoms with E-state index in [1.54, 1.807) is 0 Å². The number of nitrogens with zero attached hydrogens (tertiary/aromatic N) is 2. The molecule has 1 aromatic heterocycles. The van der Waals surface area contributed by atoms with Crippen LogP contribution in [0.4, 0.5) is 11.4 Å². The van der Waals surface area contributed by atoms with Crippen LogP contribution in [-0.2, 0) is 0 Å². The Labute approximate surface area is 176 Å². The van der Waals surface area contributed by atoms with E-state index in [9.17, 15) is 0 Å². The van der Waals surface area contributed by atoms with Gasteiger partial charge in [0.05, 0.1) is 25.1 Å². The molecule has 0 amide bonds. The summed E-state index contributed by atoms with van der Waals surface area (Å²) in [5.41, 5.74) is 7.46. The van der Waals surface area contributed by atoms with Gasteiger partial charge < -0.3 is 4.67 Å². The van der Waals surface area contributed by atoms with Gasteiger partial charge >= 0.3 is 0 Å². The van der Waals surface area contributed by atoms with Gasteiger partial charge in [-0.25, -0.2) is 0 Å². The standard InChI is InChI=1S/C27H17N2P/c1-2-9-19-17-26-22(16-18(19)8-1)20-10-3-5-12-23(20)29-24-13-7-15-28-27(24)21-11-4-6-14-25(21)30(26)29/h1-17H. The van der Waals surface area contributed by atoms with Crippen LogP contribution < -0.4 is 15.3 Å². The quantitative estimate of drug-likeness (QED) is 0.280. The molecule has 30 heavy (non-hydrogen) atoms. The largest absolute Gasteiger partial charge is 0.309 e. The van der Waals surface area contributed by atoms with E-state index in [-0.39, 0.29) is 0 Å². The molecule has 0 radical (unpaired) electrons. The number of aromatic nitrogens is 1. The van der Waals surface area contributed by atoms with Crippen molar-refractivity contribution >= 4 is 40.8 Å². The van der Waals surface area contributed by atoms with Crippen molar-refractivity contribution < 1.29 is 0 Å². The van der Waals surface area contributed by atoms with Crippen LogP contribution in [0.2, 0.25) is 0 Å². The van der Waals surface area contributed by atoms with Crippen molar-refractivity contribution in [3.05, 3.63) is 103 Å². The summed E-state index contributed by atoms with van der Waals surface area (Å²) < 4.78 is 2.55. The van der Waals surface area contributed by atoms with Crippen molar-refractivity contribution in [2.24, 2.45) is 0 Å². The van der Waals surface area contributed by atoms with Crippen LogP contribution in [0.3, 0.4) is 0 Å². The lowest BCUT2D eigenvalue weighted by molar-refractivity contribution is 1.28. The first-order chi connectivity index (χ1) is 14.9. The summed E-state index contributed by atoms with van der Waals surface area (Å²) in [6.45, 7) is 0. The molecule has 0 spiro atoms. The highest BCUT2D eigenvalue weighted by atomic mass is 31.1. The molecule has 2 aliphatic heterocycles. The minimum atomic E-state index is -0.731. The molecule has 3 heteroatoms. The zero-order chi connectivity index (χ0) is 19.7. The molecule has 1 atom stereocenters. The lowest BCUT2D eigenvalue weighted by Crippen LogP contribution is -2.34. The average molecular weight is 400 g/mol. The van der Waals surface area contributed by atoms with E-state index in [1.165, 1.54) is 49.4 Å². The van der Waals surface area contributed by atoms with Gasteiger partial charge in [0.15, 0.2) is 0 Å². The number of para-hydroxylation sites is 1. The van der Waals surface area contributed by atoms with Crippen molar-refractivity contribution in [1.82, 2.24) is 4.98 Å². The topological polar surface area (TPSA) is 16.1 Å². The molecule has 5 aromatic rings. The third-order valence-electron chi connectivity index (χ3n) is 6.12. The van der Waals surface area contributed by atoms with Crippen LogP contribution in [0.5, 0.6) is 0 Å². The molecule has 0 fully saturated rings. The molecule has 140 valence electrons. The van der Waals surface area contributed by atoms with E-state index in [4.69, 9.17) is 4.98 Å². The smallest absolute Gasteiger partial charge is 0.0948 e. The zero-order valence-corrected chi connectivity index (χ0v) is 17.1. The van der Waals surface area contributed by atoms with Gasteiger partial charge in [-0.3, -0.25) is 4.98 Å². The van der Waals surface area contributed by atoms with Gasteiger partial charge in [0.2, 0.25) is 0 Å². The molecule has 2 nitrogen and oxygen atoms in total. The lowest BCUT2D eigenvalue weighted by Gasteiger charge is -2.44. The van der Waals surface area contributed by atoms with Gasteiger partial charge in [0, 0.05) is 27.9 Å². The van der Waals surface area contributed by atoms with E-state index in [0.29, 0.717) is 0 Å². The molecular weight excluding hydrogens is 383 g/mol. The minimum absolute atomic E-state index is 0.731. The normalized spacial score (nSPS) is 15.6. The fourth-order valence-corrected chi connectivity index (χ4v) is 7.60. The summed E-state index contributed by atoms with van der Waals surface area (Å²) in [6.07, 6.45) is 1.90. The molecule has 0 N–H and O–H groups in total. The number of rotatable bonds is 0. The third kappa shape index (κ3) is 2.09. The van der Waals surface area contributed by atoms with Gasteiger partial charge in [-0.15, -0.1) is 0 Å². The molecular formula is C27H17N2P. The fraction of sp³-hybridized carbons (Fsp3) is 0. The van der Waals surface area contributed by atoms with Crippen LogP contribution in [0.15, 0.2) is 103 Å². The van der Waals surface area contributed by atoms with Gasteiger partial charge in [0.1, 0.15) is 0 Å². The zero-order valence-electron chi connectivity index (χ0n) is 16.2. The molecule has 2 aliphatic rings. The highest BCUT2D eigenvalue weighted by molar-refractivity contribution is 7.75. The molecule has 0 saturated carbocycles. The van der Waals surface area contributed by atoms with E-state index >= 15 is 0 Å². The lowest BCUT2D eigenvalue weighted by atomic mass is 9.98. The molecule has 4 aromatic carbocycles. The second-order valence-electron chi connectivity index (χ2n) is 7.75. The van der Waals surface area contributed by atoms with Crippen LogP contribution in [0, 0.1) is 0 Å². The number of benzene rings is 4. The first-order valence-electron chi connectivity index (χ1n) is 10.2. The Bertz CT molecular complexity index is 1470. The maximum absolute atomic E-state index is 4.80. The first-order valence-corrected chi connectivity index (χ1v) is 11.5. The first kappa shape index (κ1) is 16.3. The van der Waals surface area contributed by atoms with E-state index in [0.717, 1.165) is 5.69 Å². The molecule has 3 heterocycles. The van der Waals surface area contributed by atoms with Gasteiger partial charge in [0.25, 0.3) is 0 Å². The second-order valence-corrected chi connectivity index (χ2v) is 9.73. The Morgan fingerprint density at radius 1 is 0.567 bits per heavy atom. The summed E-state index contributed by atoms with van der Waals surface area (Å²) in [5.74, 6) is 0. The Morgan fingerprint density at radius 2 is 1.27 bits per heavy atom. The van der Waals surface area contributed by atoms with Gasteiger partial charge in [-0.05, 0) is 46.7 Å². The number of anilines is 2. The van der Waals surface area contributed by atoms with Crippen molar-refractivity contribution in [2.45, 2.75) is 0 Å². The maximum atomic E-state index is 4.80. The number of fused-ring (bicyclic) bond motifs is 12. The van der Waals surface area contributed by atoms with Crippen LogP contribution in [0.25, 0.3) is 33.2 Å². The van der Waals surface area contributed by atoms with E-state index in [2.05, 4.69) is 102 Å². The summed E-state index contributed by atoms with van der Waals surface area (Å²) >= 11 is 0. The second kappa shape index (κ2) is 6.01. The van der Waals surface area contributed by atoms with Crippen molar-refractivity contribution in [3.8, 4) is 22.4 Å². The van der Waals surface area contributed by atoms with Crippen molar-refractivity contribution in [3.63, 3.8) is 0 Å². The minimum Gasteiger partial charge on any atom is -0.309 e. The molecule has 0 saturated heterocycles. The molecule has 1 unspecified atom stereocenters. The summed E-state index contributed by atoms with van der Waals surface area (Å²) in [7, 11) is -0.731. The number of hydrogen-bond acceptors (Lipinski definition) is 2. The fourth-order valence-electron chi connectivity index (χ4n) is 4.83. The Morgan fingerprint density at radius 3 is 2.17 bits per heavy atom. The van der Waals surface area contributed by atoms with Crippen molar-refractivity contribution in [2.75, 3.05) is 4.67 Å². The van der Waals surface area contributed by atoms with Crippen molar-refractivity contribution in [1.29, 1.82) is 0 Å². The average Bonchev–Trinajstić information content (AvgIpc) is 2.82. The van der Waals surface area contributed by atoms with Gasteiger partial charge in [-0.2, -0.15) is 0 Å². The number of hydrogen-bond donors (Lipinski definition) is 0. The molecule has 0 aliphatic carbocycles. The Hall–Kier alpha value is -3.48. The van der Waals surface area contributed by atoms with Crippen LogP contribution >= 0.6 is 8.07 Å². The number of pyridine rings is 1. The van der Waals surface area contributed by atoms with Crippen LogP contribution in [-0.4, -0.2) is 4.98 Å². The van der Waals surface area contributed by atoms with Gasteiger partial charge in [-0.1, -0.05) is 66.7 Å². The molecule has 0 bridgehead atoms. The van der Waals surface area contributed by atoms with E-state index in [1.807, 2.05) is 6.20 Å². The highest BCUT2D eigenvalue weighted by Gasteiger charge is 2.39. The molecule has 7 rings (SSSR count). The van der Waals surface area contributed by atoms with E-state index < -0.39 is 8.07 Å². The Balaban J connectivity index is 1.65. The summed E-state index contributed by atoms with van der Waals surface area (Å²) in [4.78, 5) is 4.80. The SMILES string of the molecule is c1ccc2c(c1)-c1cc3ccccc3cc1P1c3ccccc3-c3ncccc3N21. The Kier molecular flexibility index (Phi) is 3.27. The maximum Gasteiger partial charge on any atom is 0.0948 e. The monoisotopic (exact) mass is 400 g/mol. The summed E-state index contributed by atoms with van der Waals surface area (Å²) in [6, 6.07) is 35.4. The third-order valence-corrected chi connectivity index (χ3v) is 8.62. The highest BCUT2D eigenvalue weighted by Crippen LogP contribution is 2.60. The van der Waals surface area contributed by atoms with Crippen LogP contribution in [0.1, 0.15) is 0 Å². The predicted octanol–water partition coefficient (Wildman–Crippen LogP) is 6.38.